The van der Waals surface area contributed by atoms with Gasteiger partial charge in [-0.25, -0.2) is 14.4 Å². The van der Waals surface area contributed by atoms with Crippen LogP contribution in [-0.4, -0.2) is 80.3 Å². The summed E-state index contributed by atoms with van der Waals surface area (Å²) < 4.78 is 20.8. The van der Waals surface area contributed by atoms with Crippen molar-refractivity contribution < 1.29 is 13.9 Å². The number of nitriles is 1. The lowest BCUT2D eigenvalue weighted by Gasteiger charge is -2.36. The second-order valence-electron chi connectivity index (χ2n) is 8.63. The van der Waals surface area contributed by atoms with Gasteiger partial charge >= 0.3 is 0 Å². The van der Waals surface area contributed by atoms with Gasteiger partial charge in [-0.05, 0) is 24.3 Å². The van der Waals surface area contributed by atoms with Crippen LogP contribution in [-0.2, 0) is 0 Å². The largest absolute Gasteiger partial charge is 0.494 e. The summed E-state index contributed by atoms with van der Waals surface area (Å²) in [6.07, 6.45) is 7.30. The van der Waals surface area contributed by atoms with Crippen LogP contribution in [0.25, 0.3) is 22.3 Å². The van der Waals surface area contributed by atoms with Crippen molar-refractivity contribution in [2.75, 3.05) is 39.8 Å². The van der Waals surface area contributed by atoms with Crippen molar-refractivity contribution in [1.82, 2.24) is 34.5 Å². The molecular formula is C26H29FN8O2. The Bertz CT molecular complexity index is 1420. The van der Waals surface area contributed by atoms with Gasteiger partial charge in [-0.1, -0.05) is 7.43 Å². The topological polar surface area (TPSA) is 116 Å². The van der Waals surface area contributed by atoms with Gasteiger partial charge in [-0.15, -0.1) is 0 Å². The first kappa shape index (κ1) is 25.8. The molecule has 1 N–H and O–H groups in total. The molecular weight excluding hydrogens is 475 g/mol. The highest BCUT2D eigenvalue weighted by molar-refractivity contribution is 5.94. The molecule has 0 aliphatic carbocycles. The maximum absolute atomic E-state index is 14.0. The van der Waals surface area contributed by atoms with E-state index in [1.54, 1.807) is 17.2 Å². The first-order chi connectivity index (χ1) is 17.6. The number of hydrogen-bond donors (Lipinski definition) is 1. The SMILES string of the molecule is C.COc1ccc(C(=O)N2CCN(CC(CC#N)n3cc(-c4ncnc5[nH]ccc45)cn3)CC2)cc1F. The quantitative estimate of drug-likeness (QED) is 0.409. The Hall–Kier alpha value is -4.30. The van der Waals surface area contributed by atoms with E-state index >= 15 is 0 Å². The number of nitrogens with one attached hydrogen (secondary N) is 1. The zero-order chi connectivity index (χ0) is 25.1. The van der Waals surface area contributed by atoms with E-state index in [2.05, 4.69) is 31.0 Å². The second kappa shape index (κ2) is 11.2. The predicted octanol–water partition coefficient (Wildman–Crippen LogP) is 3.52. The predicted molar refractivity (Wildman–Crippen MR) is 136 cm³/mol. The van der Waals surface area contributed by atoms with Crippen LogP contribution in [0.4, 0.5) is 4.39 Å². The van der Waals surface area contributed by atoms with Crippen LogP contribution in [0.1, 0.15) is 30.2 Å². The molecule has 0 radical (unpaired) electrons. The van der Waals surface area contributed by atoms with E-state index in [9.17, 15) is 14.4 Å². The Morgan fingerprint density at radius 2 is 2.05 bits per heavy atom. The summed E-state index contributed by atoms with van der Waals surface area (Å²) in [7, 11) is 1.39. The summed E-state index contributed by atoms with van der Waals surface area (Å²) >= 11 is 0. The minimum Gasteiger partial charge on any atom is -0.494 e. The molecule has 5 rings (SSSR count). The third-order valence-electron chi connectivity index (χ3n) is 6.46. The minimum absolute atomic E-state index is 0. The fourth-order valence-corrected chi connectivity index (χ4v) is 4.52. The smallest absolute Gasteiger partial charge is 0.254 e. The number of nitrogens with zero attached hydrogens (tertiary/aromatic N) is 7. The zero-order valence-corrected chi connectivity index (χ0v) is 19.8. The molecule has 10 nitrogen and oxygen atoms in total. The van der Waals surface area contributed by atoms with Crippen LogP contribution in [0.15, 0.2) is 49.2 Å². The molecule has 1 saturated heterocycles. The third kappa shape index (κ3) is 5.29. The maximum Gasteiger partial charge on any atom is 0.254 e. The standard InChI is InChI=1S/C25H25FN8O2.CH4/c1-36-22-3-2-17(12-21(22)26)25(35)33-10-8-32(9-11-33)15-19(4-6-27)34-14-18(13-31-34)23-20-5-7-28-24(20)30-16-29-23;/h2-3,5,7,12-14,16,19H,4,8-11,15H2,1H3,(H,28,29,30);1H4. The molecule has 0 spiro atoms. The van der Waals surface area contributed by atoms with Gasteiger partial charge < -0.3 is 14.6 Å². The first-order valence-corrected chi connectivity index (χ1v) is 11.6. The molecule has 1 fully saturated rings. The third-order valence-corrected chi connectivity index (χ3v) is 6.46. The van der Waals surface area contributed by atoms with Gasteiger partial charge in [-0.2, -0.15) is 10.4 Å². The molecule has 3 aromatic heterocycles. The van der Waals surface area contributed by atoms with Gasteiger partial charge in [0.15, 0.2) is 11.6 Å². The van der Waals surface area contributed by atoms with Gasteiger partial charge in [0.25, 0.3) is 5.91 Å². The summed E-state index contributed by atoms with van der Waals surface area (Å²) in [6.45, 7) is 2.95. The van der Waals surface area contributed by atoms with Crippen molar-refractivity contribution in [2.45, 2.75) is 19.9 Å². The lowest BCUT2D eigenvalue weighted by molar-refractivity contribution is 0.0617. The Kier molecular flexibility index (Phi) is 7.79. The molecule has 1 aromatic carbocycles. The summed E-state index contributed by atoms with van der Waals surface area (Å²) in [5, 5.41) is 14.9. The molecule has 37 heavy (non-hydrogen) atoms. The summed E-state index contributed by atoms with van der Waals surface area (Å²) in [6, 6.07) is 8.30. The number of aromatic amines is 1. The van der Waals surface area contributed by atoms with Gasteiger partial charge in [0.1, 0.15) is 12.0 Å². The number of halogens is 1. The molecule has 1 unspecified atom stereocenters. The molecule has 4 aromatic rings. The van der Waals surface area contributed by atoms with E-state index in [4.69, 9.17) is 4.74 Å². The number of H-pyrrole nitrogens is 1. The molecule has 1 atom stereocenters. The summed E-state index contributed by atoms with van der Waals surface area (Å²) in [4.78, 5) is 28.5. The van der Waals surface area contributed by atoms with E-state index < -0.39 is 5.82 Å². The fourth-order valence-electron chi connectivity index (χ4n) is 4.52. The summed E-state index contributed by atoms with van der Waals surface area (Å²) in [5.74, 6) is -0.652. The van der Waals surface area contributed by atoms with Gasteiger partial charge in [-0.3, -0.25) is 14.4 Å². The fraction of sp³-hybridized carbons (Fsp3) is 0.346. The number of fused-ring (bicyclic) bond motifs is 1. The number of carbonyl (C=O) groups excluding carboxylic acids is 1. The number of methoxy groups -OCH3 is 1. The van der Waals surface area contributed by atoms with Crippen LogP contribution in [0.2, 0.25) is 0 Å². The van der Waals surface area contributed by atoms with Gasteiger partial charge in [0.05, 0.1) is 37.5 Å². The van der Waals surface area contributed by atoms with Crippen molar-refractivity contribution in [3.8, 4) is 23.1 Å². The Morgan fingerprint density at radius 1 is 1.24 bits per heavy atom. The minimum atomic E-state index is -0.556. The highest BCUT2D eigenvalue weighted by atomic mass is 19.1. The number of piperazine rings is 1. The van der Waals surface area contributed by atoms with Crippen LogP contribution >= 0.6 is 0 Å². The maximum atomic E-state index is 14.0. The molecule has 11 heteroatoms. The molecule has 4 heterocycles. The molecule has 1 aliphatic heterocycles. The number of ether oxygens (including phenoxy) is 1. The normalized spacial score (nSPS) is 14.7. The van der Waals surface area contributed by atoms with Crippen LogP contribution < -0.4 is 4.74 Å². The lowest BCUT2D eigenvalue weighted by atomic mass is 10.1. The lowest BCUT2D eigenvalue weighted by Crippen LogP contribution is -2.50. The number of rotatable bonds is 7. The highest BCUT2D eigenvalue weighted by Crippen LogP contribution is 2.26. The van der Waals surface area contributed by atoms with E-state index in [1.165, 1.54) is 25.6 Å². The van der Waals surface area contributed by atoms with E-state index in [0.29, 0.717) is 44.7 Å². The molecule has 1 amide bonds. The van der Waals surface area contributed by atoms with Gasteiger partial charge in [0, 0.05) is 61.6 Å². The van der Waals surface area contributed by atoms with Gasteiger partial charge in [0.2, 0.25) is 0 Å². The number of benzene rings is 1. The van der Waals surface area contributed by atoms with Crippen molar-refractivity contribution in [1.29, 1.82) is 5.26 Å². The molecule has 0 saturated carbocycles. The Morgan fingerprint density at radius 3 is 2.78 bits per heavy atom. The molecule has 0 bridgehead atoms. The van der Waals surface area contributed by atoms with Crippen molar-refractivity contribution >= 4 is 16.9 Å². The van der Waals surface area contributed by atoms with Crippen LogP contribution in [0, 0.1) is 17.1 Å². The van der Waals surface area contributed by atoms with E-state index in [0.717, 1.165) is 22.3 Å². The molecule has 192 valence electrons. The number of carbonyl (C=O) groups is 1. The van der Waals surface area contributed by atoms with Crippen molar-refractivity contribution in [2.24, 2.45) is 0 Å². The van der Waals surface area contributed by atoms with E-state index in [-0.39, 0.29) is 25.1 Å². The van der Waals surface area contributed by atoms with Crippen LogP contribution in [0.3, 0.4) is 0 Å². The number of amides is 1. The number of hydrogen-bond acceptors (Lipinski definition) is 7. The Balaban J connectivity index is 0.00000320. The Labute approximate surface area is 214 Å². The van der Waals surface area contributed by atoms with Crippen molar-refractivity contribution in [3.63, 3.8) is 0 Å². The van der Waals surface area contributed by atoms with Crippen molar-refractivity contribution in [3.05, 3.63) is 60.6 Å². The number of aromatic nitrogens is 5. The average molecular weight is 505 g/mol. The van der Waals surface area contributed by atoms with Crippen LogP contribution in [0.5, 0.6) is 5.75 Å². The second-order valence-corrected chi connectivity index (χ2v) is 8.63. The summed E-state index contributed by atoms with van der Waals surface area (Å²) in [5.41, 5.74) is 2.69. The zero-order valence-electron chi connectivity index (χ0n) is 19.8. The monoisotopic (exact) mass is 504 g/mol. The van der Waals surface area contributed by atoms with E-state index in [1.807, 2.05) is 23.1 Å². The average Bonchev–Trinajstić information content (AvgIpc) is 3.58. The highest BCUT2D eigenvalue weighted by Gasteiger charge is 2.25. The first-order valence-electron chi connectivity index (χ1n) is 11.6. The molecule has 1 aliphatic rings.